The number of carbonyl (C=O) groups is 1. The molecule has 0 unspecified atom stereocenters. The number of sulfone groups is 1. The maximum absolute atomic E-state index is 12.3. The van der Waals surface area contributed by atoms with Gasteiger partial charge in [-0.3, -0.25) is 4.79 Å². The maximum Gasteiger partial charge on any atom is 1.00 e. The zero-order chi connectivity index (χ0) is 17.2. The van der Waals surface area contributed by atoms with Crippen molar-refractivity contribution >= 4 is 73.7 Å². The minimum Gasteiger partial charge on any atom is -0.748 e. The molecule has 124 valence electrons. The molecule has 1 aromatic rings. The summed E-state index contributed by atoms with van der Waals surface area (Å²) in [5, 5.41) is 2.19. The average Bonchev–Trinajstić information content (AvgIpc) is 2.35. The third kappa shape index (κ3) is 7.02. The zero-order valence-electron chi connectivity index (χ0n) is 11.6. The zero-order valence-corrected chi connectivity index (χ0v) is 20.0. The van der Waals surface area contributed by atoms with Gasteiger partial charge in [-0.1, -0.05) is 12.1 Å². The monoisotopic (exact) mass is 563 g/mol. The third-order valence-electron chi connectivity index (χ3n) is 2.36. The Balaban J connectivity index is 0.00000484. The molecular formula is C10H9Br3NNaO6S2. The molecule has 0 aromatic heterocycles. The van der Waals surface area contributed by atoms with Crippen molar-refractivity contribution in [2.24, 2.45) is 0 Å². The number of benzene rings is 1. The Bertz CT molecular complexity index is 776. The van der Waals surface area contributed by atoms with Crippen LogP contribution in [0.4, 0.5) is 0 Å². The fourth-order valence-corrected chi connectivity index (χ4v) is 4.28. The summed E-state index contributed by atoms with van der Waals surface area (Å²) < 4.78 is 54.5. The molecule has 0 aliphatic rings. The molecule has 0 saturated carbocycles. The second-order valence-corrected chi connectivity index (χ2v) is 15.9. The van der Waals surface area contributed by atoms with Crippen molar-refractivity contribution in [1.29, 1.82) is 0 Å². The summed E-state index contributed by atoms with van der Waals surface area (Å²) in [6.45, 7) is -0.416. The van der Waals surface area contributed by atoms with Crippen molar-refractivity contribution in [3.63, 3.8) is 0 Å². The molecular weight excluding hydrogens is 557 g/mol. The molecule has 0 bridgehead atoms. The van der Waals surface area contributed by atoms with Gasteiger partial charge in [0.2, 0.25) is 11.3 Å². The molecule has 1 amide bonds. The number of hydrogen-bond donors (Lipinski definition) is 1. The molecule has 1 rings (SSSR count). The minimum atomic E-state index is -4.47. The van der Waals surface area contributed by atoms with Crippen LogP contribution in [0.2, 0.25) is 0 Å². The van der Waals surface area contributed by atoms with Crippen LogP contribution in [0.25, 0.3) is 0 Å². The first-order valence-corrected chi connectivity index (χ1v) is 10.9. The Morgan fingerprint density at radius 3 is 2.13 bits per heavy atom. The molecule has 0 saturated heterocycles. The molecule has 0 aliphatic carbocycles. The van der Waals surface area contributed by atoms with Gasteiger partial charge in [-0.05, 0) is 59.9 Å². The van der Waals surface area contributed by atoms with Gasteiger partial charge >= 0.3 is 29.6 Å². The fourth-order valence-electron chi connectivity index (χ4n) is 1.40. The van der Waals surface area contributed by atoms with Crippen molar-refractivity contribution in [2.75, 3.05) is 12.3 Å². The molecule has 13 heteroatoms. The van der Waals surface area contributed by atoms with Gasteiger partial charge in [0.05, 0.1) is 26.3 Å². The molecule has 0 fully saturated rings. The molecule has 1 aromatic carbocycles. The van der Waals surface area contributed by atoms with Crippen LogP contribution >= 0.6 is 47.8 Å². The van der Waals surface area contributed by atoms with E-state index in [4.69, 9.17) is 0 Å². The van der Waals surface area contributed by atoms with E-state index in [0.29, 0.717) is 0 Å². The van der Waals surface area contributed by atoms with Gasteiger partial charge < -0.3 is 9.87 Å². The normalized spacial score (nSPS) is 12.3. The first-order valence-electron chi connectivity index (χ1n) is 5.48. The summed E-state index contributed by atoms with van der Waals surface area (Å²) in [5.74, 6) is -1.59. The van der Waals surface area contributed by atoms with Gasteiger partial charge in [-0.25, -0.2) is 16.8 Å². The van der Waals surface area contributed by atoms with Crippen molar-refractivity contribution in [3.8, 4) is 0 Å². The second-order valence-electron chi connectivity index (χ2n) is 3.96. The van der Waals surface area contributed by atoms with E-state index in [1.807, 2.05) is 0 Å². The SMILES string of the molecule is O=C(NCCS(=O)(=O)[O-])c1ccccc1S(=O)(=O)C(Br)(Br)Br.[Na+]. The van der Waals surface area contributed by atoms with E-state index in [-0.39, 0.29) is 40.0 Å². The van der Waals surface area contributed by atoms with E-state index in [1.165, 1.54) is 24.3 Å². The van der Waals surface area contributed by atoms with E-state index in [1.54, 1.807) is 0 Å². The van der Waals surface area contributed by atoms with Crippen LogP contribution in [0, 0.1) is 0 Å². The van der Waals surface area contributed by atoms with Gasteiger partial charge in [-0.15, -0.1) is 0 Å². The molecule has 0 heterocycles. The van der Waals surface area contributed by atoms with Crippen LogP contribution in [-0.2, 0) is 20.0 Å². The van der Waals surface area contributed by atoms with Crippen molar-refractivity contribution in [3.05, 3.63) is 29.8 Å². The summed E-state index contributed by atoms with van der Waals surface area (Å²) >= 11 is 8.68. The van der Waals surface area contributed by atoms with Gasteiger partial charge in [-0.2, -0.15) is 0 Å². The Kier molecular flexibility index (Phi) is 9.47. The van der Waals surface area contributed by atoms with Crippen LogP contribution in [0.5, 0.6) is 0 Å². The predicted molar refractivity (Wildman–Crippen MR) is 90.0 cm³/mol. The van der Waals surface area contributed by atoms with Crippen molar-refractivity contribution < 1.29 is 55.7 Å². The van der Waals surface area contributed by atoms with E-state index < -0.39 is 39.6 Å². The maximum atomic E-state index is 12.3. The summed E-state index contributed by atoms with van der Waals surface area (Å²) in [6, 6.07) is 5.39. The fraction of sp³-hybridized carbons (Fsp3) is 0.300. The van der Waals surface area contributed by atoms with Gasteiger partial charge in [0.25, 0.3) is 5.91 Å². The molecule has 7 nitrogen and oxygen atoms in total. The molecule has 0 radical (unpaired) electrons. The molecule has 0 aliphatic heterocycles. The van der Waals surface area contributed by atoms with E-state index in [0.717, 1.165) is 0 Å². The summed E-state index contributed by atoms with van der Waals surface area (Å²) in [4.78, 5) is 11.7. The Morgan fingerprint density at radius 1 is 1.13 bits per heavy atom. The first kappa shape index (κ1) is 24.0. The number of amides is 1. The van der Waals surface area contributed by atoms with Gasteiger partial charge in [0.15, 0.2) is 0 Å². The molecule has 1 N–H and O–H groups in total. The number of hydrogen-bond acceptors (Lipinski definition) is 6. The largest absolute Gasteiger partial charge is 1.00 e. The standard InChI is InChI=1S/C10H10Br3NO6S2.Na/c11-10(12,13)22(19,20)8-4-2-1-3-7(8)9(15)14-5-6-21(16,17)18;/h1-4H,5-6H2,(H,14,15)(H,16,17,18);/q;+1/p-1. The number of carbonyl (C=O) groups excluding carboxylic acids is 1. The van der Waals surface area contributed by atoms with Crippen molar-refractivity contribution in [2.45, 2.75) is 6.37 Å². The topological polar surface area (TPSA) is 120 Å². The van der Waals surface area contributed by atoms with Crippen molar-refractivity contribution in [1.82, 2.24) is 5.32 Å². The van der Waals surface area contributed by atoms with Gasteiger partial charge in [0.1, 0.15) is 0 Å². The molecule has 0 atom stereocenters. The Morgan fingerprint density at radius 2 is 1.65 bits per heavy atom. The quantitative estimate of drug-likeness (QED) is 0.265. The number of halogens is 3. The Hall–Kier alpha value is 0.990. The predicted octanol–water partition coefficient (Wildman–Crippen LogP) is -1.46. The van der Waals surface area contributed by atoms with Gasteiger partial charge in [0, 0.05) is 6.54 Å². The first-order chi connectivity index (χ1) is 9.86. The third-order valence-corrected chi connectivity index (χ3v) is 8.45. The van der Waals surface area contributed by atoms with Crippen LogP contribution in [0.3, 0.4) is 0 Å². The van der Waals surface area contributed by atoms with Crippen LogP contribution in [0.15, 0.2) is 29.2 Å². The summed E-state index contributed by atoms with van der Waals surface area (Å²) in [7, 11) is -8.47. The molecule has 0 spiro atoms. The van der Waals surface area contributed by atoms with Crippen LogP contribution < -0.4 is 34.9 Å². The molecule has 23 heavy (non-hydrogen) atoms. The van der Waals surface area contributed by atoms with Crippen LogP contribution in [0.1, 0.15) is 10.4 Å². The van der Waals surface area contributed by atoms with E-state index in [2.05, 4.69) is 53.1 Å². The number of nitrogens with one attached hydrogen (secondary N) is 1. The number of alkyl halides is 3. The minimum absolute atomic E-state index is 0. The van der Waals surface area contributed by atoms with E-state index in [9.17, 15) is 26.2 Å². The van der Waals surface area contributed by atoms with Crippen LogP contribution in [-0.4, -0.2) is 41.1 Å². The smallest absolute Gasteiger partial charge is 0.748 e. The average molecular weight is 566 g/mol. The number of rotatable bonds is 5. The Labute approximate surface area is 181 Å². The summed E-state index contributed by atoms with van der Waals surface area (Å²) in [6.07, 6.45) is 0. The van der Waals surface area contributed by atoms with E-state index >= 15 is 0 Å². The second kappa shape index (κ2) is 9.08. The summed E-state index contributed by atoms with van der Waals surface area (Å²) in [5.41, 5.74) is -0.173.